The van der Waals surface area contributed by atoms with Crippen LogP contribution in [0.5, 0.6) is 0 Å². The second kappa shape index (κ2) is 8.85. The molecule has 0 unspecified atom stereocenters. The van der Waals surface area contributed by atoms with E-state index in [1.165, 1.54) is 0 Å². The maximum absolute atomic E-state index is 13.7. The van der Waals surface area contributed by atoms with Crippen molar-refractivity contribution in [3.63, 3.8) is 0 Å². The lowest BCUT2D eigenvalue weighted by atomic mass is 9.95. The third-order valence-electron chi connectivity index (χ3n) is 3.71. The SMILES string of the molecule is C#Cc1c(I)cc(C=O)c(-c2cc(F)cc(F)c2)c1/N=N/N(CC)CC. The van der Waals surface area contributed by atoms with E-state index in [0.29, 0.717) is 28.5 Å². The standard InChI is InChI=1S/C19H16F2IN3O/c1-4-16-17(22)9-13(11-26)18(12-7-14(20)10-15(21)8-12)19(16)23-24-25(5-2)6-3/h1,7-11H,5-6H2,2-3H3/b24-23+. The molecule has 0 amide bonds. The van der Waals surface area contributed by atoms with Crippen LogP contribution in [0.25, 0.3) is 11.1 Å². The highest BCUT2D eigenvalue weighted by Gasteiger charge is 2.19. The van der Waals surface area contributed by atoms with E-state index in [9.17, 15) is 13.6 Å². The molecule has 0 N–H and O–H groups in total. The predicted octanol–water partition coefficient (Wildman–Crippen LogP) is 5.37. The van der Waals surface area contributed by atoms with E-state index in [1.54, 1.807) is 11.1 Å². The van der Waals surface area contributed by atoms with Gasteiger partial charge in [-0.1, -0.05) is 11.1 Å². The van der Waals surface area contributed by atoms with E-state index in [0.717, 1.165) is 18.2 Å². The van der Waals surface area contributed by atoms with Crippen LogP contribution in [0.1, 0.15) is 29.8 Å². The van der Waals surface area contributed by atoms with Crippen LogP contribution in [0.4, 0.5) is 14.5 Å². The molecule has 26 heavy (non-hydrogen) atoms. The van der Waals surface area contributed by atoms with E-state index in [1.807, 2.05) is 36.4 Å². The van der Waals surface area contributed by atoms with Gasteiger partial charge < -0.3 is 0 Å². The maximum atomic E-state index is 13.7. The fraction of sp³-hybridized carbons (Fsp3) is 0.211. The van der Waals surface area contributed by atoms with Crippen molar-refractivity contribution in [1.82, 2.24) is 5.01 Å². The lowest BCUT2D eigenvalue weighted by Gasteiger charge is -2.15. The second-order valence-electron chi connectivity index (χ2n) is 5.29. The van der Waals surface area contributed by atoms with Crippen molar-refractivity contribution in [3.8, 4) is 23.5 Å². The van der Waals surface area contributed by atoms with Crippen molar-refractivity contribution in [2.75, 3.05) is 13.1 Å². The summed E-state index contributed by atoms with van der Waals surface area (Å²) in [5.41, 5.74) is 1.30. The molecule has 0 spiro atoms. The summed E-state index contributed by atoms with van der Waals surface area (Å²) in [4.78, 5) is 11.6. The van der Waals surface area contributed by atoms with Crippen LogP contribution >= 0.6 is 22.6 Å². The van der Waals surface area contributed by atoms with Crippen molar-refractivity contribution < 1.29 is 13.6 Å². The molecule has 0 radical (unpaired) electrons. The summed E-state index contributed by atoms with van der Waals surface area (Å²) in [6.07, 6.45) is 6.22. The van der Waals surface area contributed by atoms with Gasteiger partial charge in [-0.25, -0.2) is 8.78 Å². The van der Waals surface area contributed by atoms with Crippen molar-refractivity contribution in [2.45, 2.75) is 13.8 Å². The van der Waals surface area contributed by atoms with Crippen molar-refractivity contribution in [2.24, 2.45) is 10.3 Å². The number of hydrogen-bond acceptors (Lipinski definition) is 3. The Morgan fingerprint density at radius 1 is 1.19 bits per heavy atom. The first-order chi connectivity index (χ1) is 12.4. The number of nitrogens with zero attached hydrogens (tertiary/aromatic N) is 3. The number of hydrogen-bond donors (Lipinski definition) is 0. The fourth-order valence-corrected chi connectivity index (χ4v) is 3.19. The van der Waals surface area contributed by atoms with Crippen molar-refractivity contribution in [3.05, 3.63) is 50.6 Å². The molecule has 0 saturated heterocycles. The van der Waals surface area contributed by atoms with Gasteiger partial charge in [-0.15, -0.1) is 11.5 Å². The molecule has 2 rings (SSSR count). The van der Waals surface area contributed by atoms with Gasteiger partial charge in [0.25, 0.3) is 0 Å². The number of aldehydes is 1. The smallest absolute Gasteiger partial charge is 0.150 e. The average Bonchev–Trinajstić information content (AvgIpc) is 2.61. The zero-order chi connectivity index (χ0) is 19.3. The highest BCUT2D eigenvalue weighted by atomic mass is 127. The average molecular weight is 467 g/mol. The van der Waals surface area contributed by atoms with Gasteiger partial charge in [-0.2, -0.15) is 0 Å². The Balaban J connectivity index is 2.83. The van der Waals surface area contributed by atoms with Gasteiger partial charge in [-0.05, 0) is 60.2 Å². The summed E-state index contributed by atoms with van der Waals surface area (Å²) in [6.45, 7) is 5.08. The van der Waals surface area contributed by atoms with Gasteiger partial charge in [0.15, 0.2) is 6.29 Å². The summed E-state index contributed by atoms with van der Waals surface area (Å²) in [6, 6.07) is 4.59. The van der Waals surface area contributed by atoms with E-state index in [2.05, 4.69) is 16.3 Å². The first-order valence-corrected chi connectivity index (χ1v) is 8.94. The summed E-state index contributed by atoms with van der Waals surface area (Å²) >= 11 is 2.00. The third kappa shape index (κ3) is 4.25. The summed E-state index contributed by atoms with van der Waals surface area (Å²) in [5.74, 6) is 1.01. The molecular weight excluding hydrogens is 451 g/mol. The van der Waals surface area contributed by atoms with Gasteiger partial charge in [0, 0.05) is 33.9 Å². The minimum atomic E-state index is -0.760. The van der Waals surface area contributed by atoms with Crippen LogP contribution in [0.15, 0.2) is 34.6 Å². The molecule has 2 aromatic rings. The molecule has 0 aromatic heterocycles. The maximum Gasteiger partial charge on any atom is 0.150 e. The molecule has 0 atom stereocenters. The topological polar surface area (TPSA) is 45.0 Å². The molecule has 4 nitrogen and oxygen atoms in total. The van der Waals surface area contributed by atoms with Gasteiger partial charge in [0.05, 0.1) is 5.56 Å². The Hall–Kier alpha value is -2.34. The van der Waals surface area contributed by atoms with Gasteiger partial charge in [-0.3, -0.25) is 9.80 Å². The van der Waals surface area contributed by atoms with Crippen LogP contribution in [0.3, 0.4) is 0 Å². The van der Waals surface area contributed by atoms with Gasteiger partial charge >= 0.3 is 0 Å². The second-order valence-corrected chi connectivity index (χ2v) is 6.46. The van der Waals surface area contributed by atoms with Crippen LogP contribution in [-0.4, -0.2) is 24.4 Å². The molecule has 134 valence electrons. The minimum absolute atomic E-state index is 0.172. The van der Waals surface area contributed by atoms with E-state index >= 15 is 0 Å². The highest BCUT2D eigenvalue weighted by Crippen LogP contribution is 2.39. The van der Waals surface area contributed by atoms with Crippen molar-refractivity contribution in [1.29, 1.82) is 0 Å². The number of terminal acetylenes is 1. The molecule has 0 aliphatic carbocycles. The molecule has 0 aliphatic rings. The first kappa shape index (κ1) is 20.0. The summed E-state index contributed by atoms with van der Waals surface area (Å²) in [5, 5.41) is 10.1. The lowest BCUT2D eigenvalue weighted by Crippen LogP contribution is -2.14. The predicted molar refractivity (Wildman–Crippen MR) is 105 cm³/mol. The lowest BCUT2D eigenvalue weighted by molar-refractivity contribution is 0.112. The summed E-state index contributed by atoms with van der Waals surface area (Å²) < 4.78 is 28.1. The summed E-state index contributed by atoms with van der Waals surface area (Å²) in [7, 11) is 0. The van der Waals surface area contributed by atoms with E-state index < -0.39 is 11.6 Å². The molecule has 0 heterocycles. The van der Waals surface area contributed by atoms with Crippen LogP contribution < -0.4 is 0 Å². The van der Waals surface area contributed by atoms with Crippen LogP contribution in [0, 0.1) is 27.5 Å². The quantitative estimate of drug-likeness (QED) is 0.189. The molecule has 0 saturated carbocycles. The molecule has 2 aromatic carbocycles. The molecule has 7 heteroatoms. The van der Waals surface area contributed by atoms with Crippen LogP contribution in [-0.2, 0) is 0 Å². The monoisotopic (exact) mass is 467 g/mol. The highest BCUT2D eigenvalue weighted by molar-refractivity contribution is 14.1. The number of benzene rings is 2. The number of carbonyl (C=O) groups excluding carboxylic acids is 1. The molecule has 0 aliphatic heterocycles. The van der Waals surface area contributed by atoms with Crippen LogP contribution in [0.2, 0.25) is 0 Å². The number of halogens is 3. The molecule has 0 bridgehead atoms. The Morgan fingerprint density at radius 3 is 2.31 bits per heavy atom. The zero-order valence-corrected chi connectivity index (χ0v) is 16.4. The Labute approximate surface area is 164 Å². The Kier molecular flexibility index (Phi) is 6.80. The van der Waals surface area contributed by atoms with E-state index in [4.69, 9.17) is 6.42 Å². The van der Waals surface area contributed by atoms with Gasteiger partial charge in [0.2, 0.25) is 0 Å². The third-order valence-corrected chi connectivity index (χ3v) is 4.56. The molecule has 0 fully saturated rings. The number of carbonyl (C=O) groups is 1. The molecular formula is C19H16F2IN3O. The van der Waals surface area contributed by atoms with Gasteiger partial charge in [0.1, 0.15) is 17.3 Å². The Morgan fingerprint density at radius 2 is 1.81 bits per heavy atom. The fourth-order valence-electron chi connectivity index (χ4n) is 2.45. The van der Waals surface area contributed by atoms with Crippen molar-refractivity contribution >= 4 is 34.6 Å². The minimum Gasteiger partial charge on any atom is -0.298 e. The first-order valence-electron chi connectivity index (χ1n) is 7.86. The largest absolute Gasteiger partial charge is 0.298 e. The van der Waals surface area contributed by atoms with E-state index in [-0.39, 0.29) is 22.4 Å². The Bertz CT molecular complexity index is 882. The number of rotatable bonds is 6. The normalized spacial score (nSPS) is 10.8. The zero-order valence-electron chi connectivity index (χ0n) is 14.3.